The van der Waals surface area contributed by atoms with Gasteiger partial charge in [0.15, 0.2) is 0 Å². The Labute approximate surface area is 122 Å². The molecule has 0 fully saturated rings. The molecule has 2 aromatic heterocycles. The number of H-pyrrole nitrogens is 1. The van der Waals surface area contributed by atoms with E-state index < -0.39 is 0 Å². The van der Waals surface area contributed by atoms with Crippen LogP contribution in [0.4, 0.5) is 0 Å². The van der Waals surface area contributed by atoms with E-state index in [9.17, 15) is 4.79 Å². The predicted octanol–water partition coefficient (Wildman–Crippen LogP) is 2.20. The molecule has 1 atom stereocenters. The van der Waals surface area contributed by atoms with Crippen molar-refractivity contribution in [1.29, 1.82) is 0 Å². The zero-order valence-corrected chi connectivity index (χ0v) is 12.1. The maximum absolute atomic E-state index is 12.2. The number of hydrogen-bond donors (Lipinski definition) is 1. The molecule has 0 saturated carbocycles. The lowest BCUT2D eigenvalue weighted by Gasteiger charge is -2.27. The van der Waals surface area contributed by atoms with E-state index in [4.69, 9.17) is 11.6 Å². The fourth-order valence-electron chi connectivity index (χ4n) is 2.74. The Morgan fingerprint density at radius 1 is 1.65 bits per heavy atom. The summed E-state index contributed by atoms with van der Waals surface area (Å²) in [5.41, 5.74) is 0.537. The monoisotopic (exact) mass is 292 g/mol. The molecule has 0 aliphatic carbocycles. The van der Waals surface area contributed by atoms with E-state index in [0.29, 0.717) is 16.6 Å². The van der Waals surface area contributed by atoms with Gasteiger partial charge in [-0.2, -0.15) is 0 Å². The molecule has 1 aliphatic heterocycles. The number of nitrogens with zero attached hydrogens (tertiary/aromatic N) is 3. The van der Waals surface area contributed by atoms with Crippen LogP contribution < -0.4 is 0 Å². The lowest BCUT2D eigenvalue weighted by molar-refractivity contribution is 0.0759. The van der Waals surface area contributed by atoms with Gasteiger partial charge in [-0.25, -0.2) is 4.98 Å². The number of aromatic amines is 1. The minimum Gasteiger partial charge on any atom is -0.356 e. The van der Waals surface area contributed by atoms with Crippen LogP contribution in [0.1, 0.15) is 22.7 Å². The van der Waals surface area contributed by atoms with Crippen LogP contribution in [0.15, 0.2) is 24.7 Å². The number of nitrogens with one attached hydrogen (secondary N) is 1. The highest BCUT2D eigenvalue weighted by atomic mass is 35.5. The van der Waals surface area contributed by atoms with Gasteiger partial charge in [0, 0.05) is 45.1 Å². The molecule has 0 spiro atoms. The molecule has 2 aromatic rings. The Balaban J connectivity index is 1.62. The van der Waals surface area contributed by atoms with Crippen LogP contribution in [0.2, 0.25) is 5.02 Å². The molecule has 0 saturated heterocycles. The Kier molecular flexibility index (Phi) is 3.53. The molecule has 1 unspecified atom stereocenters. The third kappa shape index (κ3) is 2.58. The van der Waals surface area contributed by atoms with E-state index >= 15 is 0 Å². The molecular weight excluding hydrogens is 276 g/mol. The van der Waals surface area contributed by atoms with Crippen LogP contribution in [-0.2, 0) is 13.0 Å². The first kappa shape index (κ1) is 13.2. The summed E-state index contributed by atoms with van der Waals surface area (Å²) in [6.07, 6.45) is 7.48. The lowest BCUT2D eigenvalue weighted by Crippen LogP contribution is -2.35. The first-order chi connectivity index (χ1) is 9.63. The highest BCUT2D eigenvalue weighted by molar-refractivity contribution is 6.30. The maximum Gasteiger partial charge on any atom is 0.270 e. The molecule has 0 bridgehead atoms. The number of aryl methyl sites for hydroxylation is 1. The number of halogens is 1. The molecule has 3 heterocycles. The maximum atomic E-state index is 12.2. The standard InChI is InChI=1S/C14H17ClN4O/c1-18(14(20)12-7-11(15)8-17-12)9-10-2-4-19-5-3-16-13(19)6-10/h3,5,7-8,10,17H,2,4,6,9H2,1H3. The van der Waals surface area contributed by atoms with Crippen molar-refractivity contribution >= 4 is 17.5 Å². The minimum atomic E-state index is -0.0224. The Bertz CT molecular complexity index is 618. The minimum absolute atomic E-state index is 0.0224. The third-order valence-electron chi connectivity index (χ3n) is 3.81. The molecule has 1 amide bonds. The van der Waals surface area contributed by atoms with Gasteiger partial charge >= 0.3 is 0 Å². The number of hydrogen-bond acceptors (Lipinski definition) is 2. The van der Waals surface area contributed by atoms with Gasteiger partial charge in [0.2, 0.25) is 0 Å². The Morgan fingerprint density at radius 3 is 3.25 bits per heavy atom. The highest BCUT2D eigenvalue weighted by Gasteiger charge is 2.23. The van der Waals surface area contributed by atoms with Gasteiger partial charge < -0.3 is 14.5 Å². The fourth-order valence-corrected chi connectivity index (χ4v) is 2.90. The average molecular weight is 293 g/mol. The molecule has 1 aliphatic rings. The SMILES string of the molecule is CN(CC1CCn2ccnc2C1)C(=O)c1cc(Cl)c[nH]1. The quantitative estimate of drug-likeness (QED) is 0.943. The summed E-state index contributed by atoms with van der Waals surface area (Å²) < 4.78 is 2.18. The van der Waals surface area contributed by atoms with E-state index in [1.54, 1.807) is 17.2 Å². The molecule has 5 nitrogen and oxygen atoms in total. The number of aromatic nitrogens is 3. The number of imidazole rings is 1. The zero-order chi connectivity index (χ0) is 14.1. The van der Waals surface area contributed by atoms with Crippen LogP contribution in [0.25, 0.3) is 0 Å². The van der Waals surface area contributed by atoms with Crippen molar-refractivity contribution in [1.82, 2.24) is 19.4 Å². The topological polar surface area (TPSA) is 53.9 Å². The zero-order valence-electron chi connectivity index (χ0n) is 11.3. The Morgan fingerprint density at radius 2 is 2.50 bits per heavy atom. The van der Waals surface area contributed by atoms with Gasteiger partial charge in [0.25, 0.3) is 5.91 Å². The van der Waals surface area contributed by atoms with Crippen LogP contribution in [-0.4, -0.2) is 38.9 Å². The van der Waals surface area contributed by atoms with Crippen molar-refractivity contribution in [3.05, 3.63) is 41.2 Å². The van der Waals surface area contributed by atoms with Gasteiger partial charge in [-0.1, -0.05) is 11.6 Å². The molecule has 6 heteroatoms. The van der Waals surface area contributed by atoms with Gasteiger partial charge in [-0.05, 0) is 18.4 Å². The summed E-state index contributed by atoms with van der Waals surface area (Å²) in [6, 6.07) is 1.66. The second kappa shape index (κ2) is 5.32. The third-order valence-corrected chi connectivity index (χ3v) is 4.03. The van der Waals surface area contributed by atoms with Crippen molar-refractivity contribution in [3.8, 4) is 0 Å². The fraction of sp³-hybridized carbons (Fsp3) is 0.429. The molecule has 106 valence electrons. The van der Waals surface area contributed by atoms with E-state index in [0.717, 1.165) is 31.8 Å². The second-order valence-electron chi connectivity index (χ2n) is 5.31. The van der Waals surface area contributed by atoms with E-state index in [-0.39, 0.29) is 5.91 Å². The average Bonchev–Trinajstić information content (AvgIpc) is 3.05. The van der Waals surface area contributed by atoms with Crippen LogP contribution in [0.5, 0.6) is 0 Å². The normalized spacial score (nSPS) is 17.8. The summed E-state index contributed by atoms with van der Waals surface area (Å²) >= 11 is 5.83. The molecule has 3 rings (SSSR count). The lowest BCUT2D eigenvalue weighted by atomic mass is 9.97. The first-order valence-corrected chi connectivity index (χ1v) is 7.10. The van der Waals surface area contributed by atoms with Gasteiger partial charge in [-0.15, -0.1) is 0 Å². The summed E-state index contributed by atoms with van der Waals surface area (Å²) in [4.78, 5) is 21.2. The number of carbonyl (C=O) groups excluding carboxylic acids is 1. The molecule has 1 N–H and O–H groups in total. The Hall–Kier alpha value is -1.75. The van der Waals surface area contributed by atoms with Crippen molar-refractivity contribution in [2.24, 2.45) is 5.92 Å². The largest absolute Gasteiger partial charge is 0.356 e. The summed E-state index contributed by atoms with van der Waals surface area (Å²) in [5.74, 6) is 1.56. The summed E-state index contributed by atoms with van der Waals surface area (Å²) in [6.45, 7) is 1.72. The number of carbonyl (C=O) groups is 1. The van der Waals surface area contributed by atoms with Crippen LogP contribution in [0, 0.1) is 5.92 Å². The smallest absolute Gasteiger partial charge is 0.270 e. The van der Waals surface area contributed by atoms with Crippen molar-refractivity contribution < 1.29 is 4.79 Å². The highest BCUT2D eigenvalue weighted by Crippen LogP contribution is 2.20. The van der Waals surface area contributed by atoms with Crippen molar-refractivity contribution in [2.75, 3.05) is 13.6 Å². The molecule has 20 heavy (non-hydrogen) atoms. The van der Waals surface area contributed by atoms with Crippen LogP contribution in [0.3, 0.4) is 0 Å². The van der Waals surface area contributed by atoms with Crippen molar-refractivity contribution in [2.45, 2.75) is 19.4 Å². The van der Waals surface area contributed by atoms with E-state index in [1.165, 1.54) is 0 Å². The molecule has 0 aromatic carbocycles. The number of fused-ring (bicyclic) bond motifs is 1. The first-order valence-electron chi connectivity index (χ1n) is 6.73. The van der Waals surface area contributed by atoms with Gasteiger partial charge in [0.1, 0.15) is 11.5 Å². The van der Waals surface area contributed by atoms with Crippen molar-refractivity contribution in [3.63, 3.8) is 0 Å². The number of amides is 1. The second-order valence-corrected chi connectivity index (χ2v) is 5.75. The van der Waals surface area contributed by atoms with E-state index in [1.807, 2.05) is 19.4 Å². The summed E-state index contributed by atoms with van der Waals surface area (Å²) in [7, 11) is 1.83. The van der Waals surface area contributed by atoms with Gasteiger partial charge in [-0.3, -0.25) is 4.79 Å². The predicted molar refractivity (Wildman–Crippen MR) is 76.8 cm³/mol. The van der Waals surface area contributed by atoms with Crippen LogP contribution >= 0.6 is 11.6 Å². The number of rotatable bonds is 3. The molecule has 0 radical (unpaired) electrons. The molecular formula is C14H17ClN4O. The van der Waals surface area contributed by atoms with Gasteiger partial charge in [0.05, 0.1) is 5.02 Å². The summed E-state index contributed by atoms with van der Waals surface area (Å²) in [5, 5.41) is 0.557. The van der Waals surface area contributed by atoms with E-state index in [2.05, 4.69) is 14.5 Å².